The summed E-state index contributed by atoms with van der Waals surface area (Å²) in [6.45, 7) is 8.83. The van der Waals surface area contributed by atoms with Crippen LogP contribution in [0, 0.1) is 11.3 Å². The van der Waals surface area contributed by atoms with Crippen molar-refractivity contribution < 1.29 is 4.79 Å². The number of carbonyl (C=O) groups excluding carboxylic acids is 1. The third-order valence-electron chi connectivity index (χ3n) is 2.29. The van der Waals surface area contributed by atoms with Crippen molar-refractivity contribution in [1.82, 2.24) is 0 Å². The Bertz CT molecular complexity index is 306. The number of thiophene rings is 1. The van der Waals surface area contributed by atoms with E-state index in [9.17, 15) is 4.79 Å². The predicted octanol–water partition coefficient (Wildman–Crippen LogP) is 4.39. The molecule has 0 radical (unpaired) electrons. The van der Waals surface area contributed by atoms with Crippen molar-refractivity contribution in [2.75, 3.05) is 0 Å². The molecule has 0 saturated carbocycles. The lowest BCUT2D eigenvalue weighted by atomic mass is 9.83. The van der Waals surface area contributed by atoms with E-state index in [1.165, 1.54) is 0 Å². The van der Waals surface area contributed by atoms with Gasteiger partial charge in [0.15, 0.2) is 5.78 Å². The van der Waals surface area contributed by atoms with Crippen LogP contribution in [-0.4, -0.2) is 5.78 Å². The summed E-state index contributed by atoms with van der Waals surface area (Å²) in [5.41, 5.74) is 0.315. The van der Waals surface area contributed by atoms with Gasteiger partial charge in [-0.2, -0.15) is 0 Å². The normalized spacial score (nSPS) is 13.9. The van der Waals surface area contributed by atoms with Gasteiger partial charge in [-0.3, -0.25) is 4.79 Å². The van der Waals surface area contributed by atoms with Gasteiger partial charge in [0.1, 0.15) is 0 Å². The molecule has 84 valence electrons. The van der Waals surface area contributed by atoms with Gasteiger partial charge in [-0.1, -0.05) is 33.8 Å². The van der Waals surface area contributed by atoms with Crippen molar-refractivity contribution in [1.29, 1.82) is 0 Å². The Morgan fingerprint density at radius 1 is 1.47 bits per heavy atom. The zero-order valence-corrected chi connectivity index (χ0v) is 10.9. The van der Waals surface area contributed by atoms with Crippen molar-refractivity contribution in [3.63, 3.8) is 0 Å². The van der Waals surface area contributed by atoms with Gasteiger partial charge in [0.25, 0.3) is 0 Å². The molecule has 2 heteroatoms. The van der Waals surface area contributed by atoms with E-state index in [4.69, 9.17) is 0 Å². The Morgan fingerprint density at radius 3 is 2.60 bits per heavy atom. The van der Waals surface area contributed by atoms with Crippen LogP contribution in [0.3, 0.4) is 0 Å². The number of carbonyl (C=O) groups is 1. The van der Waals surface area contributed by atoms with Gasteiger partial charge < -0.3 is 0 Å². The Labute approximate surface area is 96.5 Å². The lowest BCUT2D eigenvalue weighted by Crippen LogP contribution is -2.13. The largest absolute Gasteiger partial charge is 0.293 e. The third-order valence-corrected chi connectivity index (χ3v) is 3.20. The van der Waals surface area contributed by atoms with Crippen LogP contribution in [0.4, 0.5) is 0 Å². The number of rotatable bonds is 4. The molecule has 0 saturated heterocycles. The highest BCUT2D eigenvalue weighted by atomic mass is 32.1. The maximum absolute atomic E-state index is 11.8. The smallest absolute Gasteiger partial charge is 0.173 e. The summed E-state index contributed by atoms with van der Waals surface area (Å²) in [5, 5.41) is 1.96. The molecule has 0 aliphatic rings. The van der Waals surface area contributed by atoms with Crippen LogP contribution in [-0.2, 0) is 0 Å². The number of hydrogen-bond acceptors (Lipinski definition) is 2. The second kappa shape index (κ2) is 4.93. The predicted molar refractivity (Wildman–Crippen MR) is 66.5 cm³/mol. The highest BCUT2D eigenvalue weighted by Crippen LogP contribution is 2.27. The molecule has 1 unspecified atom stereocenters. The molecule has 0 aromatic carbocycles. The fraction of sp³-hybridized carbons (Fsp3) is 0.615. The molecule has 1 heterocycles. The van der Waals surface area contributed by atoms with Crippen LogP contribution in [0.25, 0.3) is 0 Å². The minimum atomic E-state index is 0.293. The topological polar surface area (TPSA) is 17.1 Å². The number of hydrogen-bond donors (Lipinski definition) is 0. The molecule has 0 N–H and O–H groups in total. The molecule has 1 atom stereocenters. The molecule has 1 rings (SSSR count). The minimum absolute atomic E-state index is 0.293. The lowest BCUT2D eigenvalue weighted by Gasteiger charge is -2.22. The summed E-state index contributed by atoms with van der Waals surface area (Å²) >= 11 is 1.54. The van der Waals surface area contributed by atoms with E-state index < -0.39 is 0 Å². The SMILES string of the molecule is CC(CC(=O)c1cccs1)CC(C)(C)C. The van der Waals surface area contributed by atoms with E-state index in [0.29, 0.717) is 23.5 Å². The van der Waals surface area contributed by atoms with E-state index in [2.05, 4.69) is 27.7 Å². The molecule has 0 bridgehead atoms. The van der Waals surface area contributed by atoms with Crippen LogP contribution >= 0.6 is 11.3 Å². The van der Waals surface area contributed by atoms with Crippen molar-refractivity contribution in [2.24, 2.45) is 11.3 Å². The van der Waals surface area contributed by atoms with Crippen molar-refractivity contribution in [3.8, 4) is 0 Å². The molecule has 0 fully saturated rings. The molecule has 1 aromatic heterocycles. The minimum Gasteiger partial charge on any atom is -0.293 e. The van der Waals surface area contributed by atoms with Gasteiger partial charge in [-0.25, -0.2) is 0 Å². The maximum Gasteiger partial charge on any atom is 0.173 e. The summed E-state index contributed by atoms with van der Waals surface area (Å²) in [6.07, 6.45) is 1.78. The molecule has 0 aliphatic heterocycles. The summed E-state index contributed by atoms with van der Waals surface area (Å²) in [5.74, 6) is 0.765. The molecular formula is C13H20OS. The Morgan fingerprint density at radius 2 is 2.13 bits per heavy atom. The van der Waals surface area contributed by atoms with E-state index in [-0.39, 0.29) is 0 Å². The van der Waals surface area contributed by atoms with E-state index in [1.807, 2.05) is 17.5 Å². The van der Waals surface area contributed by atoms with E-state index in [0.717, 1.165) is 11.3 Å². The highest BCUT2D eigenvalue weighted by Gasteiger charge is 2.18. The van der Waals surface area contributed by atoms with Gasteiger partial charge in [0, 0.05) is 6.42 Å². The number of ketones is 1. The van der Waals surface area contributed by atoms with Crippen LogP contribution in [0.2, 0.25) is 0 Å². The molecular weight excluding hydrogens is 204 g/mol. The molecule has 0 aliphatic carbocycles. The monoisotopic (exact) mass is 224 g/mol. The molecule has 1 aromatic rings. The average molecular weight is 224 g/mol. The zero-order chi connectivity index (χ0) is 11.5. The van der Waals surface area contributed by atoms with Crippen LogP contribution < -0.4 is 0 Å². The molecule has 15 heavy (non-hydrogen) atoms. The highest BCUT2D eigenvalue weighted by molar-refractivity contribution is 7.12. The van der Waals surface area contributed by atoms with E-state index >= 15 is 0 Å². The fourth-order valence-corrected chi connectivity index (χ4v) is 2.65. The first kappa shape index (κ1) is 12.4. The summed E-state index contributed by atoms with van der Waals surface area (Å²) in [4.78, 5) is 12.7. The average Bonchev–Trinajstić information content (AvgIpc) is 2.50. The summed E-state index contributed by atoms with van der Waals surface area (Å²) in [7, 11) is 0. The zero-order valence-electron chi connectivity index (χ0n) is 10.0. The Hall–Kier alpha value is -0.630. The second-order valence-corrected chi connectivity index (χ2v) is 6.42. The van der Waals surface area contributed by atoms with Gasteiger partial charge in [0.05, 0.1) is 4.88 Å². The van der Waals surface area contributed by atoms with Crippen molar-refractivity contribution in [2.45, 2.75) is 40.5 Å². The molecule has 0 amide bonds. The van der Waals surface area contributed by atoms with Gasteiger partial charge in [-0.15, -0.1) is 11.3 Å². The first-order chi connectivity index (χ1) is 6.88. The lowest BCUT2D eigenvalue weighted by molar-refractivity contribution is 0.0958. The second-order valence-electron chi connectivity index (χ2n) is 5.47. The fourth-order valence-electron chi connectivity index (χ4n) is 1.97. The maximum atomic E-state index is 11.8. The van der Waals surface area contributed by atoms with Crippen molar-refractivity contribution >= 4 is 17.1 Å². The summed E-state index contributed by atoms with van der Waals surface area (Å²) < 4.78 is 0. The van der Waals surface area contributed by atoms with Gasteiger partial charge in [-0.05, 0) is 29.2 Å². The van der Waals surface area contributed by atoms with Crippen LogP contribution in [0.1, 0.15) is 50.2 Å². The Kier molecular flexibility index (Phi) is 4.09. The standard InChI is InChI=1S/C13H20OS/c1-10(9-13(2,3)4)8-11(14)12-6-5-7-15-12/h5-7,10H,8-9H2,1-4H3. The van der Waals surface area contributed by atoms with E-state index in [1.54, 1.807) is 11.3 Å². The quantitative estimate of drug-likeness (QED) is 0.693. The van der Waals surface area contributed by atoms with Gasteiger partial charge in [0.2, 0.25) is 0 Å². The van der Waals surface area contributed by atoms with Crippen molar-refractivity contribution in [3.05, 3.63) is 22.4 Å². The van der Waals surface area contributed by atoms with Crippen LogP contribution in [0.15, 0.2) is 17.5 Å². The van der Waals surface area contributed by atoms with Gasteiger partial charge >= 0.3 is 0 Å². The first-order valence-corrected chi connectivity index (χ1v) is 6.33. The third kappa shape index (κ3) is 4.61. The Balaban J connectivity index is 2.45. The summed E-state index contributed by atoms with van der Waals surface area (Å²) in [6, 6.07) is 3.85. The molecule has 1 nitrogen and oxygen atoms in total. The molecule has 0 spiro atoms. The van der Waals surface area contributed by atoms with Crippen LogP contribution in [0.5, 0.6) is 0 Å². The first-order valence-electron chi connectivity index (χ1n) is 5.45. The number of Topliss-reactive ketones (excluding diaryl/α,β-unsaturated/α-hetero) is 1.